The summed E-state index contributed by atoms with van der Waals surface area (Å²) in [5.41, 5.74) is 6.15. The number of anilines is 2. The third-order valence-electron chi connectivity index (χ3n) is 9.12. The van der Waals surface area contributed by atoms with Gasteiger partial charge in [-0.1, -0.05) is 42.8 Å². The lowest BCUT2D eigenvalue weighted by molar-refractivity contribution is -0.137. The number of benzene rings is 2. The SMILES string of the molecule is C[C@@H](Nc1nc(C2NOC(=O)N2)nc2nc(N(C)C3CCc4ccccc43)n(Cc3ccc(C(F)(F)F)cc3)c12)C1CCC1. The van der Waals surface area contributed by atoms with Gasteiger partial charge in [0.1, 0.15) is 5.52 Å². The highest BCUT2D eigenvalue weighted by Gasteiger charge is 2.34. The van der Waals surface area contributed by atoms with Crippen molar-refractivity contribution in [1.29, 1.82) is 0 Å². The van der Waals surface area contributed by atoms with Gasteiger partial charge in [-0.05, 0) is 67.3 Å². The van der Waals surface area contributed by atoms with E-state index in [0.29, 0.717) is 34.4 Å². The number of hydroxylamine groups is 1. The molecule has 44 heavy (non-hydrogen) atoms. The minimum absolute atomic E-state index is 0.0521. The second-order valence-electron chi connectivity index (χ2n) is 11.9. The predicted octanol–water partition coefficient (Wildman–Crippen LogP) is 5.86. The minimum Gasteiger partial charge on any atom is -0.365 e. The normalized spacial score (nSPS) is 20.6. The van der Waals surface area contributed by atoms with Crippen molar-refractivity contribution in [2.45, 2.75) is 70.0 Å². The lowest BCUT2D eigenvalue weighted by Crippen LogP contribution is -2.32. The zero-order valence-electron chi connectivity index (χ0n) is 24.4. The number of aryl methyl sites for hydroxylation is 1. The van der Waals surface area contributed by atoms with Gasteiger partial charge in [-0.25, -0.2) is 14.8 Å². The molecule has 13 heteroatoms. The molecule has 0 radical (unpaired) electrons. The smallest absolute Gasteiger partial charge is 0.365 e. The number of carbonyl (C=O) groups is 1. The molecule has 2 unspecified atom stereocenters. The van der Waals surface area contributed by atoms with E-state index in [0.717, 1.165) is 37.8 Å². The fourth-order valence-electron chi connectivity index (χ4n) is 6.43. The Balaban J connectivity index is 1.36. The minimum atomic E-state index is -4.42. The first-order valence-electron chi connectivity index (χ1n) is 14.9. The quantitative estimate of drug-likeness (QED) is 0.229. The third-order valence-corrected chi connectivity index (χ3v) is 9.12. The monoisotopic (exact) mass is 606 g/mol. The van der Waals surface area contributed by atoms with E-state index in [1.165, 1.54) is 29.7 Å². The Morgan fingerprint density at radius 1 is 1.09 bits per heavy atom. The van der Waals surface area contributed by atoms with Crippen LogP contribution in [0.4, 0.5) is 29.7 Å². The summed E-state index contributed by atoms with van der Waals surface area (Å²) in [5.74, 6) is 1.93. The molecule has 3 heterocycles. The molecule has 0 bridgehead atoms. The van der Waals surface area contributed by atoms with Crippen molar-refractivity contribution in [3.63, 3.8) is 0 Å². The topological polar surface area (TPSA) is 109 Å². The molecule has 1 aliphatic heterocycles. The van der Waals surface area contributed by atoms with Gasteiger partial charge in [-0.2, -0.15) is 18.2 Å². The van der Waals surface area contributed by atoms with Crippen LogP contribution in [-0.2, 0) is 24.0 Å². The van der Waals surface area contributed by atoms with Crippen LogP contribution in [0.3, 0.4) is 0 Å². The molecule has 2 aromatic heterocycles. The Morgan fingerprint density at radius 2 is 1.86 bits per heavy atom. The van der Waals surface area contributed by atoms with Gasteiger partial charge < -0.3 is 19.6 Å². The molecule has 3 atom stereocenters. The molecule has 2 aliphatic carbocycles. The number of imidazole rings is 1. The zero-order chi connectivity index (χ0) is 30.6. The average Bonchev–Trinajstić information content (AvgIpc) is 3.68. The van der Waals surface area contributed by atoms with Crippen LogP contribution in [0.15, 0.2) is 48.5 Å². The number of alkyl halides is 3. The predicted molar refractivity (Wildman–Crippen MR) is 158 cm³/mol. The molecule has 1 amide bonds. The molecule has 4 aromatic rings. The van der Waals surface area contributed by atoms with Crippen LogP contribution < -0.4 is 21.0 Å². The number of hydrogen-bond acceptors (Lipinski definition) is 8. The molecule has 3 N–H and O–H groups in total. The molecule has 2 fully saturated rings. The van der Waals surface area contributed by atoms with Gasteiger partial charge in [0.05, 0.1) is 18.2 Å². The number of fused-ring (bicyclic) bond motifs is 2. The van der Waals surface area contributed by atoms with Crippen molar-refractivity contribution in [3.05, 3.63) is 76.6 Å². The summed E-state index contributed by atoms with van der Waals surface area (Å²) in [5, 5.41) is 6.25. The Bertz CT molecular complexity index is 1700. The Kier molecular flexibility index (Phi) is 7.07. The van der Waals surface area contributed by atoms with E-state index in [2.05, 4.69) is 40.1 Å². The Morgan fingerprint density at radius 3 is 2.55 bits per heavy atom. The fraction of sp³-hybridized carbons (Fsp3) is 0.419. The van der Waals surface area contributed by atoms with E-state index in [1.807, 2.05) is 23.7 Å². The van der Waals surface area contributed by atoms with Crippen molar-refractivity contribution in [1.82, 2.24) is 30.3 Å². The van der Waals surface area contributed by atoms with Gasteiger partial charge in [-0.3, -0.25) is 5.32 Å². The van der Waals surface area contributed by atoms with Gasteiger partial charge in [0.2, 0.25) is 5.95 Å². The highest BCUT2D eigenvalue weighted by molar-refractivity contribution is 5.86. The van der Waals surface area contributed by atoms with E-state index in [-0.39, 0.29) is 24.5 Å². The highest BCUT2D eigenvalue weighted by Crippen LogP contribution is 2.40. The van der Waals surface area contributed by atoms with E-state index in [9.17, 15) is 18.0 Å². The second-order valence-corrected chi connectivity index (χ2v) is 11.9. The molecule has 0 spiro atoms. The first kappa shape index (κ1) is 28.4. The maximum Gasteiger partial charge on any atom is 0.427 e. The molecular weight excluding hydrogens is 573 g/mol. The van der Waals surface area contributed by atoms with Crippen molar-refractivity contribution in [2.75, 3.05) is 17.3 Å². The fourth-order valence-corrected chi connectivity index (χ4v) is 6.43. The van der Waals surface area contributed by atoms with Crippen LogP contribution in [0.2, 0.25) is 0 Å². The third kappa shape index (κ3) is 5.18. The first-order valence-corrected chi connectivity index (χ1v) is 14.9. The van der Waals surface area contributed by atoms with Crippen LogP contribution >= 0.6 is 0 Å². The van der Waals surface area contributed by atoms with Crippen LogP contribution in [0.25, 0.3) is 11.2 Å². The van der Waals surface area contributed by atoms with Gasteiger partial charge >= 0.3 is 12.3 Å². The number of rotatable bonds is 8. The van der Waals surface area contributed by atoms with Crippen molar-refractivity contribution in [2.24, 2.45) is 5.92 Å². The zero-order valence-corrected chi connectivity index (χ0v) is 24.4. The summed E-state index contributed by atoms with van der Waals surface area (Å²) in [6.07, 6.45) is -0.582. The largest absolute Gasteiger partial charge is 0.427 e. The van der Waals surface area contributed by atoms with Crippen molar-refractivity contribution >= 4 is 29.0 Å². The molecule has 1 saturated heterocycles. The van der Waals surface area contributed by atoms with E-state index in [1.54, 1.807) is 0 Å². The summed E-state index contributed by atoms with van der Waals surface area (Å²) < 4.78 is 42.0. The number of nitrogens with one attached hydrogen (secondary N) is 3. The summed E-state index contributed by atoms with van der Waals surface area (Å²) in [6, 6.07) is 13.7. The van der Waals surface area contributed by atoms with Gasteiger partial charge in [0.15, 0.2) is 23.5 Å². The first-order chi connectivity index (χ1) is 21.2. The van der Waals surface area contributed by atoms with Crippen LogP contribution in [0.5, 0.6) is 0 Å². The molecule has 2 aromatic carbocycles. The van der Waals surface area contributed by atoms with E-state index >= 15 is 0 Å². The summed E-state index contributed by atoms with van der Waals surface area (Å²) in [7, 11) is 1.99. The van der Waals surface area contributed by atoms with Crippen LogP contribution in [-0.4, -0.2) is 38.7 Å². The molecule has 3 aliphatic rings. The summed E-state index contributed by atoms with van der Waals surface area (Å²) in [6.45, 7) is 2.37. The molecule has 10 nitrogen and oxygen atoms in total. The molecule has 7 rings (SSSR count). The van der Waals surface area contributed by atoms with Crippen molar-refractivity contribution < 1.29 is 22.8 Å². The van der Waals surface area contributed by atoms with E-state index in [4.69, 9.17) is 19.8 Å². The number of amides is 1. The van der Waals surface area contributed by atoms with Gasteiger partial charge in [-0.15, -0.1) is 5.48 Å². The number of carbonyl (C=O) groups excluding carboxylic acids is 1. The van der Waals surface area contributed by atoms with E-state index < -0.39 is 24.0 Å². The number of halogens is 3. The van der Waals surface area contributed by atoms with Gasteiger partial charge in [0, 0.05) is 13.1 Å². The van der Waals surface area contributed by atoms with Crippen molar-refractivity contribution in [3.8, 4) is 0 Å². The summed E-state index contributed by atoms with van der Waals surface area (Å²) in [4.78, 5) is 33.4. The molecular formula is C31H33F3N8O2. The van der Waals surface area contributed by atoms with Gasteiger partial charge in [0.25, 0.3) is 0 Å². The Hall–Kier alpha value is -4.39. The molecule has 1 saturated carbocycles. The average molecular weight is 607 g/mol. The number of hydrogen-bond donors (Lipinski definition) is 3. The lowest BCUT2D eigenvalue weighted by atomic mass is 9.80. The number of nitrogens with zero attached hydrogens (tertiary/aromatic N) is 5. The highest BCUT2D eigenvalue weighted by atomic mass is 19.4. The Labute approximate surface area is 252 Å². The molecule has 230 valence electrons. The number of aromatic nitrogens is 4. The maximum atomic E-state index is 13.3. The maximum absolute atomic E-state index is 13.3. The van der Waals surface area contributed by atoms with Crippen LogP contribution in [0.1, 0.15) is 72.9 Å². The lowest BCUT2D eigenvalue weighted by Gasteiger charge is -2.32. The second kappa shape index (κ2) is 11.0. The van der Waals surface area contributed by atoms with Crippen LogP contribution in [0, 0.1) is 5.92 Å². The summed E-state index contributed by atoms with van der Waals surface area (Å²) >= 11 is 0. The standard InChI is InChI=1S/C31H33F3N8O2/c1-17(19-7-5-8-19)35-25-24-26(37-27(36-25)28-39-30(43)44-40-28)38-29(41(2)23-15-12-20-6-3-4-9-22(20)23)42(24)16-18-10-13-21(14-11-18)31(32,33)34/h3-4,6,9-11,13-14,17,19,23,28,40H,5,7-8,12,15-16H2,1-2H3,(H,39,43)(H,35,36,37)/t17-,23?,28?/m1/s1.